The highest BCUT2D eigenvalue weighted by atomic mass is 32.2. The second kappa shape index (κ2) is 24.1. The van der Waals surface area contributed by atoms with E-state index in [9.17, 15) is 45.1 Å². The molecule has 18 heteroatoms. The predicted molar refractivity (Wildman–Crippen MR) is 283 cm³/mol. The van der Waals surface area contributed by atoms with E-state index in [1.54, 1.807) is 50.2 Å². The third-order valence-corrected chi connectivity index (χ3v) is 15.3. The number of nitrogens with zero attached hydrogens (tertiary/aromatic N) is 2. The van der Waals surface area contributed by atoms with Gasteiger partial charge in [-0.05, 0) is 119 Å². The van der Waals surface area contributed by atoms with Gasteiger partial charge in [-0.2, -0.15) is 21.4 Å². The number of aryl methyl sites for hydroxylation is 2. The van der Waals surface area contributed by atoms with Gasteiger partial charge in [0.15, 0.2) is 18.1 Å². The van der Waals surface area contributed by atoms with E-state index >= 15 is 0 Å². The molecule has 4 N–H and O–H groups in total. The summed E-state index contributed by atoms with van der Waals surface area (Å²) >= 11 is 0. The van der Waals surface area contributed by atoms with Crippen LogP contribution in [0.15, 0.2) is 131 Å². The lowest BCUT2D eigenvalue weighted by molar-refractivity contribution is -0.438. The molecule has 0 fully saturated rings. The molecule has 74 heavy (non-hydrogen) atoms. The van der Waals surface area contributed by atoms with Crippen molar-refractivity contribution in [3.63, 3.8) is 0 Å². The SMILES string of the molecule is CCN1/C(=C/C=C/C=C/C2=[N+](CCCCC(=O)NCCCC[C@H](NC(=O)OCc3ccccc3)C(=O)COC(=O)c3c(C)cccc3C)c3ccc(S(=O)(=O)O)cc3C2(C)C)C(C)(C)c2cc(S(=O)(=O)O)ccc21. The summed E-state index contributed by atoms with van der Waals surface area (Å²) in [5, 5.41) is 5.57. The van der Waals surface area contributed by atoms with Gasteiger partial charge in [-0.25, -0.2) is 9.59 Å². The smallest absolute Gasteiger partial charge is 0.408 e. The normalized spacial score (nSPS) is 15.9. The summed E-state index contributed by atoms with van der Waals surface area (Å²) in [6, 6.07) is 22.6. The van der Waals surface area contributed by atoms with Gasteiger partial charge in [0.2, 0.25) is 11.6 Å². The van der Waals surface area contributed by atoms with E-state index in [0.29, 0.717) is 67.6 Å². The Labute approximate surface area is 434 Å². The lowest BCUT2D eigenvalue weighted by Gasteiger charge is -2.25. The van der Waals surface area contributed by atoms with Crippen molar-refractivity contribution in [1.29, 1.82) is 0 Å². The summed E-state index contributed by atoms with van der Waals surface area (Å²) in [5.41, 5.74) is 6.26. The monoisotopic (exact) mass is 1050 g/mol. The van der Waals surface area contributed by atoms with Crippen molar-refractivity contribution < 1.29 is 59.2 Å². The van der Waals surface area contributed by atoms with Crippen molar-refractivity contribution in [3.05, 3.63) is 154 Å². The summed E-state index contributed by atoms with van der Waals surface area (Å²) in [7, 11) is -8.87. The molecule has 1 atom stereocenters. The van der Waals surface area contributed by atoms with Gasteiger partial charge in [0.1, 0.15) is 13.2 Å². The van der Waals surface area contributed by atoms with Gasteiger partial charge in [-0.15, -0.1) is 0 Å². The highest BCUT2D eigenvalue weighted by Gasteiger charge is 2.45. The van der Waals surface area contributed by atoms with Crippen LogP contribution in [0, 0.1) is 13.8 Å². The number of nitrogens with one attached hydrogen (secondary N) is 2. The molecule has 0 radical (unpaired) electrons. The van der Waals surface area contributed by atoms with E-state index in [2.05, 4.69) is 20.1 Å². The summed E-state index contributed by atoms with van der Waals surface area (Å²) < 4.78 is 80.8. The molecular formula is C56H67N4O12S2+. The molecule has 4 aromatic rings. The molecule has 0 spiro atoms. The topological polar surface area (TPSA) is 226 Å². The van der Waals surface area contributed by atoms with Crippen LogP contribution >= 0.6 is 0 Å². The number of carbonyl (C=O) groups is 4. The Balaban J connectivity index is 1.05. The summed E-state index contributed by atoms with van der Waals surface area (Å²) in [6.45, 7) is 14.4. The molecule has 2 aliphatic rings. The minimum atomic E-state index is -4.48. The number of Topliss-reactive ketones (excluding diaryl/α,β-unsaturated/α-hetero) is 1. The third-order valence-electron chi connectivity index (χ3n) is 13.6. The summed E-state index contributed by atoms with van der Waals surface area (Å²) in [6.07, 6.45) is 11.3. The van der Waals surface area contributed by atoms with Crippen molar-refractivity contribution in [3.8, 4) is 0 Å². The first-order valence-electron chi connectivity index (χ1n) is 24.7. The summed E-state index contributed by atoms with van der Waals surface area (Å²) in [5.74, 6) is -1.29. The number of allylic oxidation sites excluding steroid dienone is 6. The fraction of sp³-hybridized carbons (Fsp3) is 0.375. The van der Waals surface area contributed by atoms with Gasteiger partial charge in [0, 0.05) is 60.4 Å². The highest BCUT2D eigenvalue weighted by Crippen LogP contribution is 2.48. The zero-order valence-corrected chi connectivity index (χ0v) is 44.6. The number of hydrogen-bond acceptors (Lipinski definition) is 11. The Morgan fingerprint density at radius 3 is 2.08 bits per heavy atom. The second-order valence-electron chi connectivity index (χ2n) is 19.5. The maximum Gasteiger partial charge on any atom is 0.408 e. The predicted octanol–water partition coefficient (Wildman–Crippen LogP) is 9.16. The fourth-order valence-electron chi connectivity index (χ4n) is 9.58. The Morgan fingerprint density at radius 2 is 1.42 bits per heavy atom. The van der Waals surface area contributed by atoms with Crippen LogP contribution in [0.2, 0.25) is 0 Å². The number of amides is 2. The Morgan fingerprint density at radius 1 is 0.757 bits per heavy atom. The van der Waals surface area contributed by atoms with Crippen LogP contribution in [0.25, 0.3) is 0 Å². The van der Waals surface area contributed by atoms with Gasteiger partial charge in [-0.3, -0.25) is 18.7 Å². The van der Waals surface area contributed by atoms with Crippen LogP contribution in [0.3, 0.4) is 0 Å². The molecule has 4 aromatic carbocycles. The number of alkyl carbamates (subject to hydrolysis) is 1. The molecule has 0 aromatic heterocycles. The molecule has 0 saturated heterocycles. The van der Waals surface area contributed by atoms with Gasteiger partial charge >= 0.3 is 12.1 Å². The number of benzene rings is 4. The molecule has 0 saturated carbocycles. The largest absolute Gasteiger partial charge is 0.454 e. The van der Waals surface area contributed by atoms with E-state index < -0.39 is 61.6 Å². The van der Waals surface area contributed by atoms with Crippen LogP contribution in [-0.2, 0) is 56.7 Å². The Hall–Kier alpha value is -6.73. The summed E-state index contributed by atoms with van der Waals surface area (Å²) in [4.78, 5) is 53.9. The quantitative estimate of drug-likeness (QED) is 0.0179. The number of ether oxygens (including phenoxy) is 2. The number of ketones is 1. The maximum absolute atomic E-state index is 13.4. The zero-order chi connectivity index (χ0) is 54.0. The lowest BCUT2D eigenvalue weighted by Crippen LogP contribution is -2.43. The number of esters is 1. The van der Waals surface area contributed by atoms with E-state index in [1.165, 1.54) is 24.3 Å². The number of likely N-dealkylation sites (N-methyl/N-ethyl adjacent to an activating group) is 1. The van der Waals surface area contributed by atoms with Crippen LogP contribution in [0.1, 0.15) is 111 Å². The second-order valence-corrected chi connectivity index (χ2v) is 22.3. The van der Waals surface area contributed by atoms with Crippen molar-refractivity contribution in [2.24, 2.45) is 0 Å². The first kappa shape index (κ1) is 56.6. The molecule has 2 aliphatic heterocycles. The molecule has 0 unspecified atom stereocenters. The Bertz CT molecular complexity index is 3100. The maximum atomic E-state index is 13.4. The molecule has 6 rings (SSSR count). The van der Waals surface area contributed by atoms with E-state index in [0.717, 1.165) is 33.9 Å². The minimum absolute atomic E-state index is 0.000501. The number of unbranched alkanes of at least 4 members (excludes halogenated alkanes) is 2. The molecule has 2 amide bonds. The minimum Gasteiger partial charge on any atom is -0.454 e. The van der Waals surface area contributed by atoms with Crippen LogP contribution in [0.5, 0.6) is 0 Å². The average Bonchev–Trinajstić information content (AvgIpc) is 3.69. The number of rotatable bonds is 23. The van der Waals surface area contributed by atoms with Crippen LogP contribution < -0.4 is 15.5 Å². The number of fused-ring (bicyclic) bond motifs is 2. The molecule has 0 bridgehead atoms. The number of hydrogen-bond donors (Lipinski definition) is 4. The molecule has 0 aliphatic carbocycles. The van der Waals surface area contributed by atoms with Gasteiger partial charge in [0.25, 0.3) is 20.2 Å². The van der Waals surface area contributed by atoms with Crippen LogP contribution in [-0.4, -0.2) is 92.3 Å². The molecular weight excluding hydrogens is 985 g/mol. The zero-order valence-electron chi connectivity index (χ0n) is 43.0. The fourth-order valence-corrected chi connectivity index (χ4v) is 10.6. The van der Waals surface area contributed by atoms with Gasteiger partial charge in [-0.1, -0.05) is 80.6 Å². The molecule has 394 valence electrons. The van der Waals surface area contributed by atoms with Crippen molar-refractivity contribution in [1.82, 2.24) is 10.6 Å². The van der Waals surface area contributed by atoms with E-state index in [1.807, 2.05) is 89.3 Å². The van der Waals surface area contributed by atoms with Gasteiger partial charge < -0.3 is 25.0 Å². The van der Waals surface area contributed by atoms with Crippen molar-refractivity contribution in [2.45, 2.75) is 120 Å². The molecule has 2 heterocycles. The first-order chi connectivity index (χ1) is 34.9. The lowest BCUT2D eigenvalue weighted by atomic mass is 9.81. The van der Waals surface area contributed by atoms with Crippen molar-refractivity contribution >= 4 is 61.1 Å². The highest BCUT2D eigenvalue weighted by molar-refractivity contribution is 7.86. The van der Waals surface area contributed by atoms with Gasteiger partial charge in [0.05, 0.1) is 26.8 Å². The van der Waals surface area contributed by atoms with E-state index in [-0.39, 0.29) is 35.1 Å². The molecule has 16 nitrogen and oxygen atoms in total. The van der Waals surface area contributed by atoms with E-state index in [4.69, 9.17) is 9.47 Å². The third kappa shape index (κ3) is 13.7. The number of anilines is 1. The van der Waals surface area contributed by atoms with Crippen molar-refractivity contribution in [2.75, 3.05) is 31.1 Å². The Kier molecular flexibility index (Phi) is 18.4. The first-order valence-corrected chi connectivity index (χ1v) is 27.5. The standard InChI is InChI=1S/C56H66N4O12S2/c1-8-59-46-30-28-41(73(65,66)67)34-43(46)55(4,5)49(59)25-13-10-14-26-50-56(6,7)44-35-42(74(68,69)70)29-31-47(44)60(50)33-18-16-27-51(62)57-32-17-15-24-45(58-54(64)72-36-40-22-11-9-12-23-40)48(61)37-71-53(63)52-38(2)20-19-21-39(52)3/h9-14,19-23,25-26,28-31,34-35,45H,8,15-18,24,27,32-33,36-37H2,1-7H3,(H3-,57,58,62,64,65,66,67,68,69,70)/p+1/t45-/m0/s1. The average molecular weight is 1050 g/mol. The van der Waals surface area contributed by atoms with Crippen LogP contribution in [0.4, 0.5) is 16.2 Å². The number of carbonyl (C=O) groups excluding carboxylic acids is 4.